The Balaban J connectivity index is 2.32. The zero-order valence-electron chi connectivity index (χ0n) is 10.6. The number of nitrogen functional groups attached to an aromatic ring is 1. The van der Waals surface area contributed by atoms with Crippen molar-refractivity contribution in [1.29, 1.82) is 0 Å². The van der Waals surface area contributed by atoms with Crippen molar-refractivity contribution >= 4 is 37.5 Å². The molecule has 1 heterocycles. The van der Waals surface area contributed by atoms with Gasteiger partial charge in [-0.05, 0) is 52.7 Å². The van der Waals surface area contributed by atoms with E-state index in [2.05, 4.69) is 31.1 Å². The van der Waals surface area contributed by atoms with Crippen molar-refractivity contribution in [2.45, 2.75) is 11.8 Å². The molecule has 0 radical (unpaired) electrons. The van der Waals surface area contributed by atoms with Crippen molar-refractivity contribution in [3.8, 4) is 0 Å². The van der Waals surface area contributed by atoms with Crippen LogP contribution in [0.15, 0.2) is 45.9 Å². The second-order valence-electron chi connectivity index (χ2n) is 4.11. The van der Waals surface area contributed by atoms with Crippen LogP contribution in [0.25, 0.3) is 0 Å². The van der Waals surface area contributed by atoms with Gasteiger partial charge in [-0.25, -0.2) is 19.2 Å². The molecule has 2 aromatic rings. The molecule has 1 aromatic heterocycles. The predicted molar refractivity (Wildman–Crippen MR) is 81.7 cm³/mol. The molecule has 0 amide bonds. The zero-order valence-corrected chi connectivity index (χ0v) is 13.0. The quantitative estimate of drug-likeness (QED) is 0.576. The van der Waals surface area contributed by atoms with Crippen molar-refractivity contribution in [3.63, 3.8) is 0 Å². The highest BCUT2D eigenvalue weighted by Gasteiger charge is 2.16. The number of halogens is 1. The molecule has 0 atom stereocenters. The number of aromatic nitrogens is 1. The molecule has 0 saturated heterocycles. The van der Waals surface area contributed by atoms with Gasteiger partial charge in [-0.2, -0.15) is 0 Å². The Bertz CT molecular complexity index is 717. The van der Waals surface area contributed by atoms with E-state index in [0.717, 1.165) is 5.56 Å². The number of rotatable bonds is 4. The average Bonchev–Trinajstić information content (AvgIpc) is 2.43. The van der Waals surface area contributed by atoms with Crippen molar-refractivity contribution < 1.29 is 8.42 Å². The first-order chi connectivity index (χ1) is 9.42. The van der Waals surface area contributed by atoms with Crippen LogP contribution >= 0.6 is 15.9 Å². The van der Waals surface area contributed by atoms with Gasteiger partial charge < -0.3 is 5.43 Å². The van der Waals surface area contributed by atoms with E-state index in [4.69, 9.17) is 5.84 Å². The van der Waals surface area contributed by atoms with E-state index in [1.807, 2.05) is 13.0 Å². The maximum absolute atomic E-state index is 12.2. The number of anilines is 2. The number of pyridine rings is 1. The molecule has 0 aliphatic heterocycles. The van der Waals surface area contributed by atoms with E-state index in [0.29, 0.717) is 16.0 Å². The molecule has 0 fully saturated rings. The van der Waals surface area contributed by atoms with Gasteiger partial charge in [0.15, 0.2) is 0 Å². The van der Waals surface area contributed by atoms with E-state index in [-0.39, 0.29) is 4.90 Å². The minimum absolute atomic E-state index is 0.0601. The Hall–Kier alpha value is -1.64. The summed E-state index contributed by atoms with van der Waals surface area (Å²) in [6, 6.07) is 8.32. The van der Waals surface area contributed by atoms with Crippen molar-refractivity contribution in [2.24, 2.45) is 5.84 Å². The summed E-state index contributed by atoms with van der Waals surface area (Å²) in [7, 11) is -3.69. The number of benzene rings is 1. The molecule has 0 saturated carbocycles. The largest absolute Gasteiger partial charge is 0.308 e. The standard InChI is InChI=1S/C12H13BrN4O2S/c1-8-2-4-10(13)11(6-8)17-20(18,19)9-3-5-12(16-14)15-7-9/h2-7,17H,14H2,1H3,(H,15,16). The minimum atomic E-state index is -3.69. The minimum Gasteiger partial charge on any atom is -0.308 e. The first-order valence-electron chi connectivity index (χ1n) is 5.64. The van der Waals surface area contributed by atoms with Gasteiger partial charge in [0.05, 0.1) is 5.69 Å². The van der Waals surface area contributed by atoms with Crippen LogP contribution in [0.5, 0.6) is 0 Å². The van der Waals surface area contributed by atoms with Gasteiger partial charge in [-0.3, -0.25) is 4.72 Å². The topological polar surface area (TPSA) is 97.1 Å². The Kier molecular flexibility index (Phi) is 4.26. The van der Waals surface area contributed by atoms with E-state index >= 15 is 0 Å². The number of nitrogens with two attached hydrogens (primary N) is 1. The first kappa shape index (κ1) is 14.8. The third-order valence-corrected chi connectivity index (χ3v) is 4.60. The van der Waals surface area contributed by atoms with Crippen LogP contribution in [-0.4, -0.2) is 13.4 Å². The van der Waals surface area contributed by atoms with Gasteiger partial charge in [0, 0.05) is 10.7 Å². The van der Waals surface area contributed by atoms with Gasteiger partial charge >= 0.3 is 0 Å². The van der Waals surface area contributed by atoms with Crippen LogP contribution in [0.4, 0.5) is 11.5 Å². The molecule has 20 heavy (non-hydrogen) atoms. The predicted octanol–water partition coefficient (Wildman–Crippen LogP) is 2.24. The highest BCUT2D eigenvalue weighted by Crippen LogP contribution is 2.26. The molecule has 0 spiro atoms. The third kappa shape index (κ3) is 3.27. The maximum Gasteiger partial charge on any atom is 0.263 e. The second kappa shape index (κ2) is 5.78. The number of nitrogens with one attached hydrogen (secondary N) is 2. The van der Waals surface area contributed by atoms with Crippen molar-refractivity contribution in [2.75, 3.05) is 10.1 Å². The molecule has 8 heteroatoms. The molecule has 0 aliphatic rings. The smallest absolute Gasteiger partial charge is 0.263 e. The fourth-order valence-corrected chi connectivity index (χ4v) is 3.04. The van der Waals surface area contributed by atoms with E-state index in [1.165, 1.54) is 18.3 Å². The number of sulfonamides is 1. The summed E-state index contributed by atoms with van der Waals surface area (Å²) in [5, 5.41) is 0. The Morgan fingerprint density at radius 1 is 1.25 bits per heavy atom. The normalized spacial score (nSPS) is 11.2. The van der Waals surface area contributed by atoms with Crippen LogP contribution in [0, 0.1) is 6.92 Å². The van der Waals surface area contributed by atoms with Gasteiger partial charge in [0.1, 0.15) is 10.7 Å². The zero-order chi connectivity index (χ0) is 14.8. The summed E-state index contributed by atoms with van der Waals surface area (Å²) in [5.41, 5.74) is 3.77. The van der Waals surface area contributed by atoms with E-state index in [9.17, 15) is 8.42 Å². The van der Waals surface area contributed by atoms with Crippen LogP contribution in [0.1, 0.15) is 5.56 Å². The molecule has 2 rings (SSSR count). The number of hydrogen-bond acceptors (Lipinski definition) is 5. The van der Waals surface area contributed by atoms with Gasteiger partial charge in [-0.15, -0.1) is 0 Å². The molecule has 106 valence electrons. The molecule has 0 unspecified atom stereocenters. The van der Waals surface area contributed by atoms with Gasteiger partial charge in [-0.1, -0.05) is 6.07 Å². The number of aryl methyl sites for hydroxylation is 1. The van der Waals surface area contributed by atoms with E-state index in [1.54, 1.807) is 12.1 Å². The summed E-state index contributed by atoms with van der Waals surface area (Å²) in [6.07, 6.45) is 1.24. The fraction of sp³-hybridized carbons (Fsp3) is 0.0833. The molecular formula is C12H13BrN4O2S. The van der Waals surface area contributed by atoms with Crippen LogP contribution in [0.3, 0.4) is 0 Å². The summed E-state index contributed by atoms with van der Waals surface area (Å²) < 4.78 is 27.7. The van der Waals surface area contributed by atoms with Crippen molar-refractivity contribution in [1.82, 2.24) is 4.98 Å². The van der Waals surface area contributed by atoms with Crippen molar-refractivity contribution in [3.05, 3.63) is 46.6 Å². The molecular weight excluding hydrogens is 344 g/mol. The second-order valence-corrected chi connectivity index (χ2v) is 6.65. The Labute approximate surface area is 125 Å². The number of nitrogens with zero attached hydrogens (tertiary/aromatic N) is 1. The highest BCUT2D eigenvalue weighted by atomic mass is 79.9. The lowest BCUT2D eigenvalue weighted by Gasteiger charge is -2.10. The lowest BCUT2D eigenvalue weighted by atomic mass is 10.2. The maximum atomic E-state index is 12.2. The fourth-order valence-electron chi connectivity index (χ4n) is 1.55. The Morgan fingerprint density at radius 3 is 2.60 bits per heavy atom. The molecule has 0 aliphatic carbocycles. The SMILES string of the molecule is Cc1ccc(Br)c(NS(=O)(=O)c2ccc(NN)nc2)c1. The average molecular weight is 357 g/mol. The van der Waals surface area contributed by atoms with E-state index < -0.39 is 10.0 Å². The van der Waals surface area contributed by atoms with Crippen LogP contribution in [0.2, 0.25) is 0 Å². The van der Waals surface area contributed by atoms with Crippen LogP contribution in [-0.2, 0) is 10.0 Å². The molecule has 0 bridgehead atoms. The van der Waals surface area contributed by atoms with Crippen LogP contribution < -0.4 is 16.0 Å². The Morgan fingerprint density at radius 2 is 2.00 bits per heavy atom. The monoisotopic (exact) mass is 356 g/mol. The first-order valence-corrected chi connectivity index (χ1v) is 7.91. The summed E-state index contributed by atoms with van der Waals surface area (Å²) in [5.74, 6) is 5.57. The number of hydrogen-bond donors (Lipinski definition) is 3. The lowest BCUT2D eigenvalue weighted by molar-refractivity contribution is 0.601. The summed E-state index contributed by atoms with van der Waals surface area (Å²) in [4.78, 5) is 3.94. The van der Waals surface area contributed by atoms with Gasteiger partial charge in [0.2, 0.25) is 0 Å². The lowest BCUT2D eigenvalue weighted by Crippen LogP contribution is -2.14. The van der Waals surface area contributed by atoms with Gasteiger partial charge in [0.25, 0.3) is 10.0 Å². The number of hydrazine groups is 1. The summed E-state index contributed by atoms with van der Waals surface area (Å²) >= 11 is 3.31. The molecule has 1 aromatic carbocycles. The highest BCUT2D eigenvalue weighted by molar-refractivity contribution is 9.10. The molecule has 6 nitrogen and oxygen atoms in total. The summed E-state index contributed by atoms with van der Waals surface area (Å²) in [6.45, 7) is 1.88. The molecule has 4 N–H and O–H groups in total. The third-order valence-electron chi connectivity index (χ3n) is 2.56.